The largest absolute Gasteiger partial charge is 0.310 e. The van der Waals surface area contributed by atoms with E-state index in [9.17, 15) is 8.78 Å². The molecular formula is C13H15F2N3S. The first-order chi connectivity index (χ1) is 9.08. The van der Waals surface area contributed by atoms with Crippen molar-refractivity contribution in [2.75, 3.05) is 6.54 Å². The van der Waals surface area contributed by atoms with Crippen molar-refractivity contribution >= 4 is 11.3 Å². The molecule has 3 nitrogen and oxygen atoms in total. The van der Waals surface area contributed by atoms with Crippen molar-refractivity contribution in [1.82, 2.24) is 15.5 Å². The van der Waals surface area contributed by atoms with E-state index < -0.39 is 11.6 Å². The van der Waals surface area contributed by atoms with Crippen molar-refractivity contribution in [3.05, 3.63) is 34.8 Å². The molecule has 102 valence electrons. The van der Waals surface area contributed by atoms with Gasteiger partial charge in [0.15, 0.2) is 16.6 Å². The van der Waals surface area contributed by atoms with Crippen LogP contribution in [0.3, 0.4) is 0 Å². The minimum atomic E-state index is -0.875. The monoisotopic (exact) mass is 283 g/mol. The lowest BCUT2D eigenvalue weighted by molar-refractivity contribution is 0.511. The van der Waals surface area contributed by atoms with E-state index in [2.05, 4.69) is 29.4 Å². The number of benzene rings is 1. The molecule has 0 bridgehead atoms. The predicted octanol–water partition coefficient (Wildman–Crippen LogP) is 3.23. The molecule has 1 aromatic heterocycles. The zero-order chi connectivity index (χ0) is 13.8. The highest BCUT2D eigenvalue weighted by Crippen LogP contribution is 2.27. The minimum Gasteiger partial charge on any atom is -0.310 e. The van der Waals surface area contributed by atoms with Crippen LogP contribution < -0.4 is 5.32 Å². The number of hydrogen-bond acceptors (Lipinski definition) is 4. The molecule has 0 unspecified atom stereocenters. The van der Waals surface area contributed by atoms with E-state index in [0.717, 1.165) is 17.6 Å². The normalized spacial score (nSPS) is 11.2. The summed E-state index contributed by atoms with van der Waals surface area (Å²) in [7, 11) is 0. The Morgan fingerprint density at radius 3 is 2.79 bits per heavy atom. The van der Waals surface area contributed by atoms with Crippen molar-refractivity contribution in [1.29, 1.82) is 0 Å². The molecule has 0 fully saturated rings. The van der Waals surface area contributed by atoms with E-state index in [0.29, 0.717) is 17.5 Å². The van der Waals surface area contributed by atoms with E-state index in [1.807, 2.05) is 0 Å². The maximum absolute atomic E-state index is 13.6. The van der Waals surface area contributed by atoms with Crippen LogP contribution in [0.5, 0.6) is 0 Å². The van der Waals surface area contributed by atoms with Gasteiger partial charge in [0.2, 0.25) is 0 Å². The van der Waals surface area contributed by atoms with Gasteiger partial charge in [-0.15, -0.1) is 10.2 Å². The highest BCUT2D eigenvalue weighted by Gasteiger charge is 2.14. The van der Waals surface area contributed by atoms with Gasteiger partial charge in [0.05, 0.1) is 5.56 Å². The van der Waals surface area contributed by atoms with Crippen LogP contribution in [0.25, 0.3) is 10.6 Å². The first-order valence-corrected chi connectivity index (χ1v) is 6.87. The molecular weight excluding hydrogens is 268 g/mol. The third-order valence-electron chi connectivity index (χ3n) is 2.48. The summed E-state index contributed by atoms with van der Waals surface area (Å²) < 4.78 is 26.7. The van der Waals surface area contributed by atoms with Crippen LogP contribution in [0.2, 0.25) is 0 Å². The molecule has 19 heavy (non-hydrogen) atoms. The van der Waals surface area contributed by atoms with Crippen LogP contribution in [0.4, 0.5) is 8.78 Å². The van der Waals surface area contributed by atoms with Crippen LogP contribution in [0.1, 0.15) is 18.9 Å². The van der Waals surface area contributed by atoms with E-state index in [1.54, 1.807) is 0 Å². The van der Waals surface area contributed by atoms with Gasteiger partial charge in [0.1, 0.15) is 5.01 Å². The molecule has 0 amide bonds. The summed E-state index contributed by atoms with van der Waals surface area (Å²) in [5.41, 5.74) is 0.160. The zero-order valence-electron chi connectivity index (χ0n) is 10.8. The Bertz CT molecular complexity index is 555. The van der Waals surface area contributed by atoms with Crippen molar-refractivity contribution < 1.29 is 8.78 Å². The second-order valence-corrected chi connectivity index (χ2v) is 5.69. The Hall–Kier alpha value is -1.40. The zero-order valence-corrected chi connectivity index (χ0v) is 11.6. The van der Waals surface area contributed by atoms with Gasteiger partial charge in [-0.1, -0.05) is 31.3 Å². The molecule has 2 aromatic rings. The van der Waals surface area contributed by atoms with Crippen LogP contribution in [0.15, 0.2) is 18.2 Å². The third-order valence-corrected chi connectivity index (χ3v) is 3.43. The van der Waals surface area contributed by atoms with E-state index in [-0.39, 0.29) is 5.56 Å². The maximum atomic E-state index is 13.6. The molecule has 1 aromatic carbocycles. The summed E-state index contributed by atoms with van der Waals surface area (Å²) in [4.78, 5) is 0. The van der Waals surface area contributed by atoms with Crippen molar-refractivity contribution in [2.45, 2.75) is 20.4 Å². The summed E-state index contributed by atoms with van der Waals surface area (Å²) in [5, 5.41) is 12.3. The summed E-state index contributed by atoms with van der Waals surface area (Å²) in [6.07, 6.45) is 0. The molecule has 1 heterocycles. The second kappa shape index (κ2) is 6.16. The average molecular weight is 283 g/mol. The van der Waals surface area contributed by atoms with Gasteiger partial charge in [-0.05, 0) is 24.6 Å². The van der Waals surface area contributed by atoms with Gasteiger partial charge in [-0.3, -0.25) is 0 Å². The Labute approximate surface area is 114 Å². The van der Waals surface area contributed by atoms with Gasteiger partial charge >= 0.3 is 0 Å². The van der Waals surface area contributed by atoms with Crippen LogP contribution in [0, 0.1) is 17.6 Å². The highest BCUT2D eigenvalue weighted by atomic mass is 32.1. The molecule has 2 rings (SSSR count). The number of hydrogen-bond donors (Lipinski definition) is 1. The number of rotatable bonds is 5. The Morgan fingerprint density at radius 1 is 1.26 bits per heavy atom. The smallest absolute Gasteiger partial charge is 0.169 e. The quantitative estimate of drug-likeness (QED) is 0.915. The molecule has 0 saturated carbocycles. The van der Waals surface area contributed by atoms with E-state index >= 15 is 0 Å². The summed E-state index contributed by atoms with van der Waals surface area (Å²) in [6, 6.07) is 4.06. The molecule has 0 atom stereocenters. The van der Waals surface area contributed by atoms with Crippen LogP contribution in [-0.4, -0.2) is 16.7 Å². The lowest BCUT2D eigenvalue weighted by Crippen LogP contribution is -2.18. The fourth-order valence-electron chi connectivity index (χ4n) is 1.57. The maximum Gasteiger partial charge on any atom is 0.169 e. The van der Waals surface area contributed by atoms with E-state index in [4.69, 9.17) is 0 Å². The molecule has 0 saturated heterocycles. The average Bonchev–Trinajstić information content (AvgIpc) is 2.81. The van der Waals surface area contributed by atoms with Crippen molar-refractivity contribution in [3.63, 3.8) is 0 Å². The predicted molar refractivity (Wildman–Crippen MR) is 71.8 cm³/mol. The molecule has 0 aliphatic heterocycles. The van der Waals surface area contributed by atoms with Gasteiger partial charge in [0, 0.05) is 6.54 Å². The summed E-state index contributed by atoms with van der Waals surface area (Å²) >= 11 is 1.27. The number of halogens is 2. The van der Waals surface area contributed by atoms with Gasteiger partial charge in [0.25, 0.3) is 0 Å². The Morgan fingerprint density at radius 2 is 2.05 bits per heavy atom. The molecule has 0 radical (unpaired) electrons. The van der Waals surface area contributed by atoms with Gasteiger partial charge in [-0.25, -0.2) is 8.78 Å². The van der Waals surface area contributed by atoms with Gasteiger partial charge in [-0.2, -0.15) is 0 Å². The Kier molecular flexibility index (Phi) is 4.55. The second-order valence-electron chi connectivity index (χ2n) is 4.63. The minimum absolute atomic E-state index is 0.160. The first-order valence-electron chi connectivity index (χ1n) is 6.05. The molecule has 0 aliphatic carbocycles. The lowest BCUT2D eigenvalue weighted by Gasteiger charge is -2.04. The number of aromatic nitrogens is 2. The molecule has 1 N–H and O–H groups in total. The van der Waals surface area contributed by atoms with Crippen LogP contribution in [-0.2, 0) is 6.54 Å². The van der Waals surface area contributed by atoms with Crippen molar-refractivity contribution in [3.8, 4) is 10.6 Å². The molecule has 0 aliphatic rings. The van der Waals surface area contributed by atoms with E-state index in [1.165, 1.54) is 23.5 Å². The standard InChI is InChI=1S/C13H15F2N3S/c1-8(2)6-16-7-11-17-18-13(19-11)9-4-3-5-10(14)12(9)15/h3-5,8,16H,6-7H2,1-2H3. The van der Waals surface area contributed by atoms with Crippen molar-refractivity contribution in [2.24, 2.45) is 5.92 Å². The molecule has 6 heteroatoms. The summed E-state index contributed by atoms with van der Waals surface area (Å²) in [5.74, 6) is -1.19. The number of nitrogens with one attached hydrogen (secondary N) is 1. The van der Waals surface area contributed by atoms with Gasteiger partial charge < -0.3 is 5.32 Å². The topological polar surface area (TPSA) is 37.8 Å². The lowest BCUT2D eigenvalue weighted by atomic mass is 10.2. The number of nitrogens with zero attached hydrogens (tertiary/aromatic N) is 2. The first kappa shape index (κ1) is 14.0. The fraction of sp³-hybridized carbons (Fsp3) is 0.385. The SMILES string of the molecule is CC(C)CNCc1nnc(-c2cccc(F)c2F)s1. The molecule has 0 spiro atoms. The highest BCUT2D eigenvalue weighted by molar-refractivity contribution is 7.14. The third kappa shape index (κ3) is 3.54. The fourth-order valence-corrected chi connectivity index (χ4v) is 2.40. The van der Waals surface area contributed by atoms with Crippen LogP contribution >= 0.6 is 11.3 Å². The Balaban J connectivity index is 2.10. The summed E-state index contributed by atoms with van der Waals surface area (Å²) in [6.45, 7) is 5.69.